The van der Waals surface area contributed by atoms with E-state index in [1.165, 1.54) is 12.1 Å². The van der Waals surface area contributed by atoms with E-state index in [2.05, 4.69) is 25.7 Å². The molecule has 1 aliphatic rings. The average Bonchev–Trinajstić information content (AvgIpc) is 3.34. The van der Waals surface area contributed by atoms with Gasteiger partial charge < -0.3 is 10.3 Å². The number of halogens is 2. The molecule has 1 atom stereocenters. The molecule has 1 aliphatic carbocycles. The van der Waals surface area contributed by atoms with Gasteiger partial charge in [0.1, 0.15) is 17.7 Å². The van der Waals surface area contributed by atoms with Gasteiger partial charge in [-0.15, -0.1) is 17.5 Å². The van der Waals surface area contributed by atoms with E-state index in [4.69, 9.17) is 10.3 Å². The molecule has 2 N–H and O–H groups in total. The Bertz CT molecular complexity index is 906. The van der Waals surface area contributed by atoms with Crippen molar-refractivity contribution >= 4 is 12.4 Å². The maximum absolute atomic E-state index is 13.6. The van der Waals surface area contributed by atoms with Gasteiger partial charge in [-0.25, -0.2) is 9.07 Å². The lowest BCUT2D eigenvalue weighted by Crippen LogP contribution is -2.34. The van der Waals surface area contributed by atoms with Gasteiger partial charge in [-0.1, -0.05) is 30.1 Å². The second kappa shape index (κ2) is 7.69. The Hall–Kier alpha value is -2.39. The molecule has 1 fully saturated rings. The van der Waals surface area contributed by atoms with Crippen LogP contribution in [-0.4, -0.2) is 30.3 Å². The van der Waals surface area contributed by atoms with Crippen LogP contribution in [0.5, 0.6) is 0 Å². The summed E-state index contributed by atoms with van der Waals surface area (Å²) in [5.74, 6) is 1.19. The minimum absolute atomic E-state index is 0. The van der Waals surface area contributed by atoms with Crippen molar-refractivity contribution in [2.24, 2.45) is 5.73 Å². The minimum atomic E-state index is -0.541. The van der Waals surface area contributed by atoms with Gasteiger partial charge >= 0.3 is 0 Å². The summed E-state index contributed by atoms with van der Waals surface area (Å²) in [4.78, 5) is 4.57. The molecular formula is C17H21ClFN7O. The average molecular weight is 394 g/mol. The van der Waals surface area contributed by atoms with Crippen molar-refractivity contribution in [2.45, 2.75) is 50.6 Å². The van der Waals surface area contributed by atoms with Crippen LogP contribution in [0.25, 0.3) is 0 Å². The maximum Gasteiger partial charge on any atom is 0.252 e. The second-order valence-electron chi connectivity index (χ2n) is 6.84. The smallest absolute Gasteiger partial charge is 0.252 e. The predicted molar refractivity (Wildman–Crippen MR) is 96.7 cm³/mol. The zero-order valence-electron chi connectivity index (χ0n) is 14.9. The topological polar surface area (TPSA) is 109 Å². The van der Waals surface area contributed by atoms with Gasteiger partial charge in [-0.3, -0.25) is 0 Å². The number of aromatic nitrogens is 6. The molecule has 1 saturated carbocycles. The monoisotopic (exact) mass is 393 g/mol. The molecular weight excluding hydrogens is 373 g/mol. The van der Waals surface area contributed by atoms with Crippen LogP contribution in [0.2, 0.25) is 0 Å². The van der Waals surface area contributed by atoms with Crippen molar-refractivity contribution < 1.29 is 8.91 Å². The van der Waals surface area contributed by atoms with Gasteiger partial charge in [0, 0.05) is 6.42 Å². The fourth-order valence-electron chi connectivity index (χ4n) is 3.49. The molecule has 0 bridgehead atoms. The normalized spacial score (nSPS) is 16.9. The van der Waals surface area contributed by atoms with Crippen LogP contribution in [0.4, 0.5) is 4.39 Å². The molecule has 4 rings (SSSR count). The molecule has 0 aliphatic heterocycles. The van der Waals surface area contributed by atoms with E-state index in [9.17, 15) is 4.39 Å². The Labute approximate surface area is 161 Å². The highest BCUT2D eigenvalue weighted by Crippen LogP contribution is 2.35. The Balaban J connectivity index is 0.00000210. The van der Waals surface area contributed by atoms with E-state index < -0.39 is 11.6 Å². The van der Waals surface area contributed by atoms with Gasteiger partial charge in [-0.2, -0.15) is 4.98 Å². The number of tetrazole rings is 1. The van der Waals surface area contributed by atoms with Crippen LogP contribution < -0.4 is 5.73 Å². The molecule has 2 heterocycles. The van der Waals surface area contributed by atoms with Gasteiger partial charge in [0.05, 0.1) is 5.54 Å². The predicted octanol–water partition coefficient (Wildman–Crippen LogP) is 2.49. The van der Waals surface area contributed by atoms with Crippen molar-refractivity contribution in [3.63, 3.8) is 0 Å². The first kappa shape index (κ1) is 19.4. The summed E-state index contributed by atoms with van der Waals surface area (Å²) in [5, 5.41) is 15.8. The molecule has 8 nitrogen and oxygen atoms in total. The number of aryl methyl sites for hydroxylation is 1. The quantitative estimate of drug-likeness (QED) is 0.709. The fourth-order valence-corrected chi connectivity index (χ4v) is 3.49. The molecule has 1 unspecified atom stereocenters. The number of hydrogen-bond donors (Lipinski definition) is 1. The maximum atomic E-state index is 13.6. The van der Waals surface area contributed by atoms with E-state index in [1.807, 2.05) is 6.07 Å². The lowest BCUT2D eigenvalue weighted by molar-refractivity contribution is 0.309. The zero-order valence-corrected chi connectivity index (χ0v) is 15.7. The summed E-state index contributed by atoms with van der Waals surface area (Å²) in [6.45, 7) is 1.79. The molecule has 0 amide bonds. The summed E-state index contributed by atoms with van der Waals surface area (Å²) < 4.78 is 20.7. The SMILES string of the molecule is Cc1nnnn1C(Cc1cccc(F)c1)c1nc(C2(N)CCCC2)no1.Cl. The summed E-state index contributed by atoms with van der Waals surface area (Å²) in [6.07, 6.45) is 4.20. The van der Waals surface area contributed by atoms with Gasteiger partial charge in [0.15, 0.2) is 5.82 Å². The summed E-state index contributed by atoms with van der Waals surface area (Å²) in [5.41, 5.74) is 6.68. The number of hydrogen-bond acceptors (Lipinski definition) is 7. The van der Waals surface area contributed by atoms with Crippen molar-refractivity contribution in [1.82, 2.24) is 30.3 Å². The van der Waals surface area contributed by atoms with Crippen LogP contribution in [-0.2, 0) is 12.0 Å². The molecule has 0 spiro atoms. The van der Waals surface area contributed by atoms with Crippen LogP contribution in [0.15, 0.2) is 28.8 Å². The van der Waals surface area contributed by atoms with Crippen LogP contribution in [0.3, 0.4) is 0 Å². The molecule has 3 aromatic rings. The summed E-state index contributed by atoms with van der Waals surface area (Å²) in [6, 6.07) is 5.96. The molecule has 144 valence electrons. The highest BCUT2D eigenvalue weighted by molar-refractivity contribution is 5.85. The molecule has 0 saturated heterocycles. The highest BCUT2D eigenvalue weighted by Gasteiger charge is 2.37. The Morgan fingerprint density at radius 3 is 2.78 bits per heavy atom. The van der Waals surface area contributed by atoms with Crippen molar-refractivity contribution in [1.29, 1.82) is 0 Å². The first-order valence-electron chi connectivity index (χ1n) is 8.67. The number of nitrogens with zero attached hydrogens (tertiary/aromatic N) is 6. The van der Waals surface area contributed by atoms with Crippen molar-refractivity contribution in [3.05, 3.63) is 53.2 Å². The van der Waals surface area contributed by atoms with E-state index in [-0.39, 0.29) is 18.2 Å². The lowest BCUT2D eigenvalue weighted by atomic mass is 9.98. The minimum Gasteiger partial charge on any atom is -0.337 e. The number of rotatable bonds is 5. The lowest BCUT2D eigenvalue weighted by Gasteiger charge is -2.18. The molecule has 10 heteroatoms. The Morgan fingerprint density at radius 2 is 2.11 bits per heavy atom. The van der Waals surface area contributed by atoms with Crippen LogP contribution in [0.1, 0.15) is 54.8 Å². The van der Waals surface area contributed by atoms with E-state index in [1.54, 1.807) is 17.7 Å². The molecule has 0 radical (unpaired) electrons. The number of nitrogens with two attached hydrogens (primary N) is 1. The zero-order chi connectivity index (χ0) is 18.1. The largest absolute Gasteiger partial charge is 0.337 e. The number of benzene rings is 1. The fraction of sp³-hybridized carbons (Fsp3) is 0.471. The Morgan fingerprint density at radius 1 is 1.33 bits per heavy atom. The van der Waals surface area contributed by atoms with E-state index in [0.29, 0.717) is 24.0 Å². The van der Waals surface area contributed by atoms with Crippen molar-refractivity contribution in [3.8, 4) is 0 Å². The van der Waals surface area contributed by atoms with Gasteiger partial charge in [0.2, 0.25) is 0 Å². The van der Waals surface area contributed by atoms with Gasteiger partial charge in [-0.05, 0) is 47.9 Å². The third-order valence-electron chi connectivity index (χ3n) is 4.94. The van der Waals surface area contributed by atoms with E-state index >= 15 is 0 Å². The molecule has 2 aromatic heterocycles. The Kier molecular flexibility index (Phi) is 5.52. The highest BCUT2D eigenvalue weighted by atomic mass is 35.5. The van der Waals surface area contributed by atoms with E-state index in [0.717, 1.165) is 31.2 Å². The van der Waals surface area contributed by atoms with Crippen LogP contribution in [0, 0.1) is 12.7 Å². The molecule has 1 aromatic carbocycles. The standard InChI is InChI=1S/C17H20FN7O.ClH/c1-11-21-23-24-25(11)14(10-12-5-4-6-13(18)9-12)15-20-16(22-26-15)17(19)7-2-3-8-17;/h4-6,9,14H,2-3,7-8,10,19H2,1H3;1H. The summed E-state index contributed by atoms with van der Waals surface area (Å²) in [7, 11) is 0. The summed E-state index contributed by atoms with van der Waals surface area (Å²) >= 11 is 0. The second-order valence-corrected chi connectivity index (χ2v) is 6.84. The van der Waals surface area contributed by atoms with Crippen molar-refractivity contribution in [2.75, 3.05) is 0 Å². The first-order chi connectivity index (χ1) is 12.5. The third kappa shape index (κ3) is 3.84. The molecule has 27 heavy (non-hydrogen) atoms. The van der Waals surface area contributed by atoms with Gasteiger partial charge in [0.25, 0.3) is 5.89 Å². The first-order valence-corrected chi connectivity index (χ1v) is 8.67. The van der Waals surface area contributed by atoms with Crippen LogP contribution >= 0.6 is 12.4 Å². The third-order valence-corrected chi connectivity index (χ3v) is 4.94.